The van der Waals surface area contributed by atoms with E-state index in [1.54, 1.807) is 6.92 Å². The maximum absolute atomic E-state index is 11.8. The summed E-state index contributed by atoms with van der Waals surface area (Å²) >= 11 is 0. The first-order chi connectivity index (χ1) is 11.5. The molecule has 24 heavy (non-hydrogen) atoms. The molecule has 1 aliphatic heterocycles. The second-order valence-corrected chi connectivity index (χ2v) is 5.83. The van der Waals surface area contributed by atoms with Crippen LogP contribution in [0.4, 0.5) is 0 Å². The Balaban J connectivity index is 1.53. The highest BCUT2D eigenvalue weighted by Gasteiger charge is 2.34. The summed E-state index contributed by atoms with van der Waals surface area (Å²) in [7, 11) is 0. The molecule has 0 bridgehead atoms. The van der Waals surface area contributed by atoms with Gasteiger partial charge in [-0.15, -0.1) is 10.2 Å². The zero-order valence-electron chi connectivity index (χ0n) is 13.5. The lowest BCUT2D eigenvalue weighted by Crippen LogP contribution is -2.22. The summed E-state index contributed by atoms with van der Waals surface area (Å²) in [6, 6.07) is 7.71. The Morgan fingerprint density at radius 2 is 2.04 bits per heavy atom. The van der Waals surface area contributed by atoms with Gasteiger partial charge in [0.1, 0.15) is 6.10 Å². The number of hydrogen-bond acceptors (Lipinski definition) is 7. The summed E-state index contributed by atoms with van der Waals surface area (Å²) < 4.78 is 15.6. The van der Waals surface area contributed by atoms with E-state index >= 15 is 0 Å². The molecule has 1 saturated heterocycles. The number of hydrogen-bond donors (Lipinski definition) is 0. The fourth-order valence-electron chi connectivity index (χ4n) is 2.41. The van der Waals surface area contributed by atoms with Crippen molar-refractivity contribution in [3.05, 3.63) is 35.7 Å². The number of esters is 2. The fourth-order valence-corrected chi connectivity index (χ4v) is 2.41. The van der Waals surface area contributed by atoms with Crippen LogP contribution in [-0.4, -0.2) is 34.3 Å². The van der Waals surface area contributed by atoms with Gasteiger partial charge in [-0.25, -0.2) is 4.79 Å². The van der Waals surface area contributed by atoms with Crippen LogP contribution in [0.5, 0.6) is 0 Å². The number of nitrogens with zero attached hydrogens (tertiary/aromatic N) is 2. The maximum Gasteiger partial charge on any atom is 0.347 e. The molecule has 1 aliphatic rings. The minimum Gasteiger partial charge on any atom is -0.460 e. The molecule has 0 radical (unpaired) electrons. The lowest BCUT2D eigenvalue weighted by Gasteiger charge is -2.07. The number of carbonyl (C=O) groups is 2. The van der Waals surface area contributed by atoms with Crippen molar-refractivity contribution in [1.29, 1.82) is 0 Å². The summed E-state index contributed by atoms with van der Waals surface area (Å²) in [6.07, 6.45) is -0.313. The molecule has 2 aromatic rings. The molecular weight excluding hydrogens is 312 g/mol. The van der Waals surface area contributed by atoms with Crippen molar-refractivity contribution in [1.82, 2.24) is 10.2 Å². The van der Waals surface area contributed by atoms with Crippen LogP contribution in [0.1, 0.15) is 31.2 Å². The van der Waals surface area contributed by atoms with Gasteiger partial charge in [0.15, 0.2) is 0 Å². The van der Waals surface area contributed by atoms with E-state index in [0.29, 0.717) is 18.2 Å². The summed E-state index contributed by atoms with van der Waals surface area (Å²) in [5.74, 6) is -0.215. The van der Waals surface area contributed by atoms with Gasteiger partial charge in [-0.05, 0) is 26.0 Å². The number of carbonyl (C=O) groups excluding carboxylic acids is 2. The van der Waals surface area contributed by atoms with Crippen molar-refractivity contribution in [3.63, 3.8) is 0 Å². The van der Waals surface area contributed by atoms with Gasteiger partial charge in [-0.3, -0.25) is 4.79 Å². The third-order valence-electron chi connectivity index (χ3n) is 3.71. The lowest BCUT2D eigenvalue weighted by molar-refractivity contribution is -0.160. The van der Waals surface area contributed by atoms with Crippen LogP contribution in [0.25, 0.3) is 11.5 Å². The minimum atomic E-state index is -0.807. The molecule has 7 nitrogen and oxygen atoms in total. The van der Waals surface area contributed by atoms with Crippen LogP contribution in [0.2, 0.25) is 0 Å². The predicted molar refractivity (Wildman–Crippen MR) is 82.8 cm³/mol. The Bertz CT molecular complexity index is 738. The van der Waals surface area contributed by atoms with E-state index in [-0.39, 0.29) is 18.9 Å². The van der Waals surface area contributed by atoms with Crippen LogP contribution < -0.4 is 0 Å². The van der Waals surface area contributed by atoms with Crippen molar-refractivity contribution < 1.29 is 23.5 Å². The minimum absolute atomic E-state index is 0.0632. The summed E-state index contributed by atoms with van der Waals surface area (Å²) in [6.45, 7) is 3.76. The molecule has 1 aromatic carbocycles. The number of aryl methyl sites for hydroxylation is 2. The van der Waals surface area contributed by atoms with Gasteiger partial charge in [-0.2, -0.15) is 0 Å². The highest BCUT2D eigenvalue weighted by atomic mass is 16.6. The Morgan fingerprint density at radius 3 is 2.71 bits per heavy atom. The molecule has 3 rings (SSSR count). The van der Waals surface area contributed by atoms with E-state index in [1.165, 1.54) is 0 Å². The van der Waals surface area contributed by atoms with Crippen molar-refractivity contribution in [3.8, 4) is 11.5 Å². The molecular formula is C17H18N2O5. The van der Waals surface area contributed by atoms with Crippen molar-refractivity contribution in [2.75, 3.05) is 0 Å². The topological polar surface area (TPSA) is 91.5 Å². The number of aromatic nitrogens is 2. The highest BCUT2D eigenvalue weighted by molar-refractivity contribution is 5.81. The zero-order chi connectivity index (χ0) is 17.1. The summed E-state index contributed by atoms with van der Waals surface area (Å²) in [5, 5.41) is 7.91. The third kappa shape index (κ3) is 3.79. The SMILES string of the molecule is Cc1ccc(-c2nnc(CCC(=O)O[C@@H]3C[C@H](C)OC3=O)o2)cc1. The molecule has 0 N–H and O–H groups in total. The zero-order valence-corrected chi connectivity index (χ0v) is 13.5. The molecule has 0 saturated carbocycles. The van der Waals surface area contributed by atoms with Gasteiger partial charge in [-0.1, -0.05) is 17.7 Å². The van der Waals surface area contributed by atoms with Crippen molar-refractivity contribution >= 4 is 11.9 Å². The van der Waals surface area contributed by atoms with E-state index in [9.17, 15) is 9.59 Å². The van der Waals surface area contributed by atoms with E-state index < -0.39 is 18.0 Å². The molecule has 126 valence electrons. The van der Waals surface area contributed by atoms with E-state index in [0.717, 1.165) is 11.1 Å². The van der Waals surface area contributed by atoms with Gasteiger partial charge in [0, 0.05) is 18.4 Å². The summed E-state index contributed by atoms with van der Waals surface area (Å²) in [4.78, 5) is 23.3. The van der Waals surface area contributed by atoms with Gasteiger partial charge in [0.05, 0.1) is 6.42 Å². The summed E-state index contributed by atoms with van der Waals surface area (Å²) in [5.41, 5.74) is 1.96. The van der Waals surface area contributed by atoms with E-state index in [4.69, 9.17) is 13.9 Å². The number of benzene rings is 1. The highest BCUT2D eigenvalue weighted by Crippen LogP contribution is 2.20. The molecule has 2 atom stereocenters. The monoisotopic (exact) mass is 330 g/mol. The second kappa shape index (κ2) is 6.82. The molecule has 0 aliphatic carbocycles. The first-order valence-electron chi connectivity index (χ1n) is 7.80. The first-order valence-corrected chi connectivity index (χ1v) is 7.80. The predicted octanol–water partition coefficient (Wildman–Crippen LogP) is 2.22. The van der Waals surface area contributed by atoms with Gasteiger partial charge >= 0.3 is 11.9 Å². The Hall–Kier alpha value is -2.70. The van der Waals surface area contributed by atoms with Crippen molar-refractivity contribution in [2.45, 2.75) is 45.3 Å². The van der Waals surface area contributed by atoms with Crippen LogP contribution in [-0.2, 0) is 25.5 Å². The smallest absolute Gasteiger partial charge is 0.347 e. The number of rotatable bonds is 5. The molecule has 0 unspecified atom stereocenters. The van der Waals surface area contributed by atoms with Crippen LogP contribution in [0, 0.1) is 6.92 Å². The molecule has 0 amide bonds. The van der Waals surface area contributed by atoms with E-state index in [2.05, 4.69) is 10.2 Å². The van der Waals surface area contributed by atoms with Crippen LogP contribution in [0.3, 0.4) is 0 Å². The Labute approximate surface area is 139 Å². The molecule has 2 heterocycles. The second-order valence-electron chi connectivity index (χ2n) is 5.83. The normalized spacial score (nSPS) is 20.0. The quantitative estimate of drug-likeness (QED) is 0.776. The van der Waals surface area contributed by atoms with Gasteiger partial charge < -0.3 is 13.9 Å². The van der Waals surface area contributed by atoms with E-state index in [1.807, 2.05) is 31.2 Å². The molecule has 0 spiro atoms. The Morgan fingerprint density at radius 1 is 1.29 bits per heavy atom. The van der Waals surface area contributed by atoms with Crippen molar-refractivity contribution in [2.24, 2.45) is 0 Å². The third-order valence-corrected chi connectivity index (χ3v) is 3.71. The van der Waals surface area contributed by atoms with Crippen LogP contribution in [0.15, 0.2) is 28.7 Å². The molecule has 7 heteroatoms. The Kier molecular flexibility index (Phi) is 4.59. The lowest BCUT2D eigenvalue weighted by atomic mass is 10.1. The largest absolute Gasteiger partial charge is 0.460 e. The fraction of sp³-hybridized carbons (Fsp3) is 0.412. The van der Waals surface area contributed by atoms with Crippen LogP contribution >= 0.6 is 0 Å². The molecule has 1 fully saturated rings. The molecule has 1 aromatic heterocycles. The average Bonchev–Trinajstić information content (AvgIpc) is 3.13. The number of ether oxygens (including phenoxy) is 2. The van der Waals surface area contributed by atoms with Gasteiger partial charge in [0.25, 0.3) is 0 Å². The maximum atomic E-state index is 11.8. The average molecular weight is 330 g/mol. The first kappa shape index (κ1) is 16.2. The number of cyclic esters (lactones) is 1. The standard InChI is InChI=1S/C17H18N2O5/c1-10-3-5-12(6-4-10)16-19-18-14(24-16)7-8-15(20)23-13-9-11(2)22-17(13)21/h3-6,11,13H,7-9H2,1-2H3/t11-,13+/m0/s1. The van der Waals surface area contributed by atoms with Gasteiger partial charge in [0.2, 0.25) is 17.9 Å².